The maximum atomic E-state index is 8.82. The van der Waals surface area contributed by atoms with E-state index in [4.69, 9.17) is 9.05 Å². The van der Waals surface area contributed by atoms with Crippen molar-refractivity contribution in [3.05, 3.63) is 0 Å². The number of nitrogens with two attached hydrogens (primary N) is 1. The molecular weight excluding hydrogens is 217 g/mol. The minimum absolute atomic E-state index is 0.00978. The molecule has 0 spiro atoms. The molecule has 1 fully saturated rings. The van der Waals surface area contributed by atoms with Crippen LogP contribution in [0.25, 0.3) is 0 Å². The summed E-state index contributed by atoms with van der Waals surface area (Å²) in [6.45, 7) is 0. The summed E-state index contributed by atoms with van der Waals surface area (Å²) in [6.07, 6.45) is 2.03. The van der Waals surface area contributed by atoms with Crippen molar-refractivity contribution in [3.63, 3.8) is 0 Å². The third-order valence-electron chi connectivity index (χ3n) is 1.52. The van der Waals surface area contributed by atoms with Gasteiger partial charge in [0.15, 0.2) is 0 Å². The molecule has 50 valence electrons. The van der Waals surface area contributed by atoms with Gasteiger partial charge in [0.1, 0.15) is 0 Å². The molecule has 0 saturated heterocycles. The Labute approximate surface area is 60.1 Å². The van der Waals surface area contributed by atoms with Crippen LogP contribution in [0.15, 0.2) is 0 Å². The fourth-order valence-electron chi connectivity index (χ4n) is 0.952. The van der Waals surface area contributed by atoms with Crippen molar-refractivity contribution < 1.29 is 26.6 Å². The van der Waals surface area contributed by atoms with Gasteiger partial charge in [0.2, 0.25) is 0 Å². The number of hydrogen-bond donors (Lipinski definition) is 2. The zero-order valence-corrected chi connectivity index (χ0v) is 6.84. The van der Waals surface area contributed by atoms with Gasteiger partial charge in [-0.05, 0) is 0 Å². The van der Waals surface area contributed by atoms with Crippen LogP contribution in [0.5, 0.6) is 0 Å². The van der Waals surface area contributed by atoms with Crippen molar-refractivity contribution in [1.82, 2.24) is 0 Å². The standard InChI is InChI=1S/C5H11INO/c7-6-3-4-1-5(8)2-4/h4-5,8H,1-3,7H2/q-1. The zero-order valence-electron chi connectivity index (χ0n) is 4.68. The Kier molecular flexibility index (Phi) is 2.52. The number of hydrogen-bond acceptors (Lipinski definition) is 2. The summed E-state index contributed by atoms with van der Waals surface area (Å²) < 4.78 is 6.62. The summed E-state index contributed by atoms with van der Waals surface area (Å²) in [5, 5.41) is 8.82. The van der Waals surface area contributed by atoms with E-state index in [1.165, 1.54) is 4.43 Å². The molecule has 3 heteroatoms. The third-order valence-corrected chi connectivity index (χ3v) is 3.27. The summed E-state index contributed by atoms with van der Waals surface area (Å²) in [5.74, 6) is 0.780. The molecule has 0 unspecified atom stereocenters. The van der Waals surface area contributed by atoms with E-state index in [-0.39, 0.29) is 27.6 Å². The molecule has 0 amide bonds. The van der Waals surface area contributed by atoms with E-state index in [2.05, 4.69) is 0 Å². The second kappa shape index (κ2) is 2.98. The van der Waals surface area contributed by atoms with Crippen LogP contribution in [-0.2, 0) is 0 Å². The van der Waals surface area contributed by atoms with E-state index < -0.39 is 0 Å². The van der Waals surface area contributed by atoms with Crippen molar-refractivity contribution in [2.45, 2.75) is 18.9 Å². The minimum atomic E-state index is -0.0185. The van der Waals surface area contributed by atoms with Crippen molar-refractivity contribution in [1.29, 1.82) is 0 Å². The first kappa shape index (κ1) is 6.77. The molecule has 0 aliphatic heterocycles. The molecule has 0 heterocycles. The zero-order chi connectivity index (χ0) is 5.98. The van der Waals surface area contributed by atoms with Crippen molar-refractivity contribution >= 4 is 0 Å². The van der Waals surface area contributed by atoms with Gasteiger partial charge in [-0.1, -0.05) is 0 Å². The van der Waals surface area contributed by atoms with Crippen LogP contribution in [0.4, 0.5) is 0 Å². The molecule has 0 aromatic rings. The summed E-state index contributed by atoms with van der Waals surface area (Å²) in [5.41, 5.74) is 0. The Balaban J connectivity index is 1.98. The Bertz CT molecular complexity index is 70.1. The molecule has 0 radical (unpaired) electrons. The van der Waals surface area contributed by atoms with Crippen LogP contribution in [0.3, 0.4) is 0 Å². The monoisotopic (exact) mass is 228 g/mol. The van der Waals surface area contributed by atoms with Crippen LogP contribution in [0, 0.1) is 5.92 Å². The van der Waals surface area contributed by atoms with E-state index in [9.17, 15) is 0 Å². The molecule has 1 aliphatic carbocycles. The van der Waals surface area contributed by atoms with Gasteiger partial charge in [-0.25, -0.2) is 0 Å². The molecule has 3 N–H and O–H groups in total. The van der Waals surface area contributed by atoms with Gasteiger partial charge < -0.3 is 0 Å². The topological polar surface area (TPSA) is 46.2 Å². The van der Waals surface area contributed by atoms with Gasteiger partial charge >= 0.3 is 59.8 Å². The van der Waals surface area contributed by atoms with Gasteiger partial charge in [0, 0.05) is 0 Å². The quantitative estimate of drug-likeness (QED) is 0.296. The number of alkyl halides is 1. The second-order valence-corrected chi connectivity index (χ2v) is 4.06. The fourth-order valence-corrected chi connectivity index (χ4v) is 2.39. The molecule has 1 saturated carbocycles. The van der Waals surface area contributed by atoms with Crippen LogP contribution >= 0.6 is 0 Å². The molecule has 1 rings (SSSR count). The first-order valence-corrected chi connectivity index (χ1v) is 5.56. The number of aliphatic hydroxyl groups excluding tert-OH is 1. The molecule has 0 aromatic heterocycles. The van der Waals surface area contributed by atoms with Crippen LogP contribution in [-0.4, -0.2) is 15.6 Å². The fraction of sp³-hybridized carbons (Fsp3) is 1.00. The first-order valence-electron chi connectivity index (χ1n) is 2.78. The van der Waals surface area contributed by atoms with Crippen molar-refractivity contribution in [2.75, 3.05) is 4.43 Å². The van der Waals surface area contributed by atoms with Crippen LogP contribution in [0.2, 0.25) is 0 Å². The summed E-state index contributed by atoms with van der Waals surface area (Å²) in [6, 6.07) is 0. The van der Waals surface area contributed by atoms with E-state index in [1.54, 1.807) is 0 Å². The molecule has 0 bridgehead atoms. The molecule has 0 aromatic carbocycles. The first-order chi connectivity index (χ1) is 3.83. The van der Waals surface area contributed by atoms with Gasteiger partial charge in [0.25, 0.3) is 0 Å². The summed E-state index contributed by atoms with van der Waals surface area (Å²) >= 11 is -0.0185. The van der Waals surface area contributed by atoms with Gasteiger partial charge in [-0.3, -0.25) is 0 Å². The number of aliphatic hydroxyl groups is 1. The van der Waals surface area contributed by atoms with Crippen LogP contribution in [0.1, 0.15) is 12.8 Å². The third kappa shape index (κ3) is 1.56. The van der Waals surface area contributed by atoms with E-state index in [0.29, 0.717) is 0 Å². The van der Waals surface area contributed by atoms with E-state index >= 15 is 0 Å². The Morgan fingerprint density at radius 2 is 2.25 bits per heavy atom. The molecule has 0 atom stereocenters. The molecule has 8 heavy (non-hydrogen) atoms. The van der Waals surface area contributed by atoms with Crippen molar-refractivity contribution in [2.24, 2.45) is 9.86 Å². The molecule has 2 nitrogen and oxygen atoms in total. The maximum absolute atomic E-state index is 8.82. The van der Waals surface area contributed by atoms with Crippen molar-refractivity contribution in [3.8, 4) is 0 Å². The SMILES string of the molecule is N[I-]CC1CC(O)C1. The Morgan fingerprint density at radius 1 is 1.62 bits per heavy atom. The average Bonchev–Trinajstić information content (AvgIpc) is 1.64. The number of halogens is 1. The summed E-state index contributed by atoms with van der Waals surface area (Å²) in [4.78, 5) is 0. The van der Waals surface area contributed by atoms with Gasteiger partial charge in [-0.2, -0.15) is 0 Å². The van der Waals surface area contributed by atoms with Crippen LogP contribution < -0.4 is 25.4 Å². The average molecular weight is 228 g/mol. The summed E-state index contributed by atoms with van der Waals surface area (Å²) in [7, 11) is 0. The normalized spacial score (nSPS) is 37.2. The van der Waals surface area contributed by atoms with Gasteiger partial charge in [0.05, 0.1) is 0 Å². The Morgan fingerprint density at radius 3 is 2.62 bits per heavy atom. The van der Waals surface area contributed by atoms with E-state index in [0.717, 1.165) is 18.8 Å². The Hall–Kier alpha value is 0.650. The molecular formula is C5H11INO-. The molecule has 1 aliphatic rings. The predicted octanol–water partition coefficient (Wildman–Crippen LogP) is -3.28. The van der Waals surface area contributed by atoms with Gasteiger partial charge in [-0.15, -0.1) is 0 Å². The predicted molar refractivity (Wildman–Crippen MR) is 27.8 cm³/mol. The van der Waals surface area contributed by atoms with E-state index in [1.807, 2.05) is 0 Å². The second-order valence-electron chi connectivity index (χ2n) is 2.30. The number of rotatable bonds is 2.